The number of hydrogen-bond donors (Lipinski definition) is 1. The fourth-order valence-electron chi connectivity index (χ4n) is 2.16. The van der Waals surface area contributed by atoms with Crippen molar-refractivity contribution in [2.75, 3.05) is 20.2 Å². The summed E-state index contributed by atoms with van der Waals surface area (Å²) in [5, 5.41) is 0. The molecule has 1 atom stereocenters. The molecule has 1 aliphatic heterocycles. The molecule has 1 aliphatic rings. The summed E-state index contributed by atoms with van der Waals surface area (Å²) >= 11 is 2.17. The highest BCUT2D eigenvalue weighted by Crippen LogP contribution is 2.22. The van der Waals surface area contributed by atoms with Crippen molar-refractivity contribution < 1.29 is 9.53 Å². The maximum atomic E-state index is 12.4. The van der Waals surface area contributed by atoms with Gasteiger partial charge in [0.25, 0.3) is 5.91 Å². The first-order valence-electron chi connectivity index (χ1n) is 6.00. The van der Waals surface area contributed by atoms with Crippen molar-refractivity contribution in [2.24, 2.45) is 5.73 Å². The molecule has 106 valence electrons. The van der Waals surface area contributed by atoms with Crippen molar-refractivity contribution in [1.82, 2.24) is 4.90 Å². The number of halogens is 2. The number of ether oxygens (including phenoxy) is 1. The summed E-state index contributed by atoms with van der Waals surface area (Å²) in [7, 11) is 1.62. The zero-order chi connectivity index (χ0) is 13.1. The Balaban J connectivity index is 0.00000180. The molecule has 19 heavy (non-hydrogen) atoms. The van der Waals surface area contributed by atoms with Crippen LogP contribution in [0.5, 0.6) is 5.75 Å². The number of nitrogens with zero attached hydrogens (tertiary/aromatic N) is 1. The van der Waals surface area contributed by atoms with E-state index in [1.807, 2.05) is 23.1 Å². The average molecular weight is 397 g/mol. The van der Waals surface area contributed by atoms with Crippen molar-refractivity contribution in [3.05, 3.63) is 27.3 Å². The van der Waals surface area contributed by atoms with Gasteiger partial charge in [-0.05, 0) is 53.6 Å². The zero-order valence-electron chi connectivity index (χ0n) is 10.8. The fraction of sp³-hybridized carbons (Fsp3) is 0.462. The Hall–Kier alpha value is -0.530. The lowest BCUT2D eigenvalue weighted by atomic mass is 10.1. The van der Waals surface area contributed by atoms with Crippen molar-refractivity contribution in [2.45, 2.75) is 18.9 Å². The third-order valence-electron chi connectivity index (χ3n) is 3.15. The van der Waals surface area contributed by atoms with E-state index in [0.29, 0.717) is 6.54 Å². The van der Waals surface area contributed by atoms with E-state index in [9.17, 15) is 4.79 Å². The summed E-state index contributed by atoms with van der Waals surface area (Å²) in [6.45, 7) is 1.45. The van der Waals surface area contributed by atoms with Gasteiger partial charge in [0.15, 0.2) is 0 Å². The third kappa shape index (κ3) is 3.97. The molecule has 0 aliphatic carbocycles. The van der Waals surface area contributed by atoms with Crippen LogP contribution in [0.4, 0.5) is 0 Å². The topological polar surface area (TPSA) is 55.6 Å². The Bertz CT molecular complexity index is 456. The van der Waals surface area contributed by atoms with Gasteiger partial charge in [-0.1, -0.05) is 0 Å². The molecule has 1 aromatic carbocycles. The van der Waals surface area contributed by atoms with Crippen molar-refractivity contribution >= 4 is 40.9 Å². The van der Waals surface area contributed by atoms with Gasteiger partial charge in [0, 0.05) is 22.7 Å². The number of hydrogen-bond acceptors (Lipinski definition) is 3. The molecular formula is C13H18ClIN2O2. The van der Waals surface area contributed by atoms with Crippen LogP contribution in [0, 0.1) is 3.57 Å². The Morgan fingerprint density at radius 2 is 2.26 bits per heavy atom. The predicted molar refractivity (Wildman–Crippen MR) is 86.1 cm³/mol. The van der Waals surface area contributed by atoms with Crippen LogP contribution in [0.2, 0.25) is 0 Å². The fourth-order valence-corrected chi connectivity index (χ4v) is 2.88. The largest absolute Gasteiger partial charge is 0.497 e. The quantitative estimate of drug-likeness (QED) is 0.781. The minimum atomic E-state index is 0. The second-order valence-electron chi connectivity index (χ2n) is 4.50. The van der Waals surface area contributed by atoms with Crippen LogP contribution in [0.3, 0.4) is 0 Å². The van der Waals surface area contributed by atoms with E-state index in [1.54, 1.807) is 7.11 Å². The number of rotatable bonds is 2. The highest BCUT2D eigenvalue weighted by Gasteiger charge is 2.23. The minimum absolute atomic E-state index is 0. The van der Waals surface area contributed by atoms with Gasteiger partial charge in [-0.25, -0.2) is 0 Å². The van der Waals surface area contributed by atoms with Gasteiger partial charge in [0.1, 0.15) is 5.75 Å². The van der Waals surface area contributed by atoms with Gasteiger partial charge in [0.2, 0.25) is 0 Å². The van der Waals surface area contributed by atoms with E-state index < -0.39 is 0 Å². The van der Waals surface area contributed by atoms with E-state index >= 15 is 0 Å². The molecule has 0 spiro atoms. The molecule has 6 heteroatoms. The summed E-state index contributed by atoms with van der Waals surface area (Å²) in [6, 6.07) is 5.62. The molecule has 1 saturated heterocycles. The first-order valence-corrected chi connectivity index (χ1v) is 7.08. The van der Waals surface area contributed by atoms with Gasteiger partial charge in [0.05, 0.1) is 12.7 Å². The Morgan fingerprint density at radius 1 is 1.53 bits per heavy atom. The predicted octanol–water partition coefficient (Wildman–Crippen LogP) is 2.28. The second-order valence-corrected chi connectivity index (χ2v) is 5.66. The highest BCUT2D eigenvalue weighted by atomic mass is 127. The van der Waals surface area contributed by atoms with Gasteiger partial charge in [-0.3, -0.25) is 4.79 Å². The van der Waals surface area contributed by atoms with Crippen LogP contribution in [-0.2, 0) is 0 Å². The van der Waals surface area contributed by atoms with Crippen LogP contribution in [0.15, 0.2) is 18.2 Å². The van der Waals surface area contributed by atoms with Crippen LogP contribution < -0.4 is 10.5 Å². The molecular weight excluding hydrogens is 379 g/mol. The van der Waals surface area contributed by atoms with Crippen molar-refractivity contribution in [3.8, 4) is 5.75 Å². The number of carbonyl (C=O) groups is 1. The molecule has 0 saturated carbocycles. The molecule has 1 aromatic rings. The normalized spacial score (nSPS) is 18.7. The summed E-state index contributed by atoms with van der Waals surface area (Å²) in [5.41, 5.74) is 6.64. The maximum absolute atomic E-state index is 12.4. The lowest BCUT2D eigenvalue weighted by Crippen LogP contribution is -2.45. The van der Waals surface area contributed by atoms with E-state index in [1.165, 1.54) is 0 Å². The Labute approximate surface area is 133 Å². The van der Waals surface area contributed by atoms with E-state index in [2.05, 4.69) is 22.6 Å². The lowest BCUT2D eigenvalue weighted by Gasteiger charge is -2.31. The molecule has 0 bridgehead atoms. The number of methoxy groups -OCH3 is 1. The van der Waals surface area contributed by atoms with Crippen LogP contribution in [-0.4, -0.2) is 37.0 Å². The van der Waals surface area contributed by atoms with E-state index in [-0.39, 0.29) is 24.4 Å². The molecule has 2 rings (SSSR count). The van der Waals surface area contributed by atoms with Crippen molar-refractivity contribution in [3.63, 3.8) is 0 Å². The number of amides is 1. The first-order chi connectivity index (χ1) is 8.61. The molecule has 1 unspecified atom stereocenters. The average Bonchev–Trinajstić information content (AvgIpc) is 2.37. The molecule has 0 radical (unpaired) electrons. The molecule has 1 fully saturated rings. The lowest BCUT2D eigenvalue weighted by molar-refractivity contribution is 0.0707. The number of benzene rings is 1. The number of likely N-dealkylation sites (tertiary alicyclic amines) is 1. The van der Waals surface area contributed by atoms with Gasteiger partial charge in [-0.15, -0.1) is 12.4 Å². The minimum Gasteiger partial charge on any atom is -0.497 e. The third-order valence-corrected chi connectivity index (χ3v) is 4.04. The molecule has 2 N–H and O–H groups in total. The summed E-state index contributed by atoms with van der Waals surface area (Å²) < 4.78 is 6.06. The molecule has 1 heterocycles. The summed E-state index contributed by atoms with van der Waals surface area (Å²) in [5.74, 6) is 0.837. The van der Waals surface area contributed by atoms with E-state index in [4.69, 9.17) is 10.5 Å². The Kier molecular flexibility index (Phi) is 6.35. The van der Waals surface area contributed by atoms with Gasteiger partial charge in [-0.2, -0.15) is 0 Å². The molecule has 1 amide bonds. The number of piperidine rings is 1. The zero-order valence-corrected chi connectivity index (χ0v) is 13.7. The Morgan fingerprint density at radius 3 is 2.84 bits per heavy atom. The summed E-state index contributed by atoms with van der Waals surface area (Å²) in [4.78, 5) is 14.2. The standard InChI is InChI=1S/C13H17IN2O2.ClH/c1-18-10-4-5-11(12(14)7-10)13(17)16-6-2-3-9(15)8-16;/h4-5,7,9H,2-3,6,8,15H2,1H3;1H. The van der Waals surface area contributed by atoms with Crippen LogP contribution >= 0.6 is 35.0 Å². The molecule has 4 nitrogen and oxygen atoms in total. The smallest absolute Gasteiger partial charge is 0.254 e. The van der Waals surface area contributed by atoms with E-state index in [0.717, 1.165) is 34.3 Å². The van der Waals surface area contributed by atoms with Crippen LogP contribution in [0.1, 0.15) is 23.2 Å². The first kappa shape index (κ1) is 16.5. The highest BCUT2D eigenvalue weighted by molar-refractivity contribution is 14.1. The monoisotopic (exact) mass is 396 g/mol. The number of carbonyl (C=O) groups excluding carboxylic acids is 1. The summed E-state index contributed by atoms with van der Waals surface area (Å²) in [6.07, 6.45) is 1.99. The second kappa shape index (κ2) is 7.31. The maximum Gasteiger partial charge on any atom is 0.254 e. The van der Waals surface area contributed by atoms with Gasteiger partial charge < -0.3 is 15.4 Å². The van der Waals surface area contributed by atoms with Gasteiger partial charge >= 0.3 is 0 Å². The molecule has 0 aromatic heterocycles. The van der Waals surface area contributed by atoms with Crippen molar-refractivity contribution in [1.29, 1.82) is 0 Å². The SMILES string of the molecule is COc1ccc(C(=O)N2CCCC(N)C2)c(I)c1.Cl. The van der Waals surface area contributed by atoms with Crippen LogP contribution in [0.25, 0.3) is 0 Å². The number of nitrogens with two attached hydrogens (primary N) is 1.